The number of nitrogens with one attached hydrogen (secondary N) is 1. The number of rotatable bonds is 0. The highest BCUT2D eigenvalue weighted by atomic mass is 35.5. The van der Waals surface area contributed by atoms with Crippen molar-refractivity contribution in [1.82, 2.24) is 15.3 Å². The van der Waals surface area contributed by atoms with Gasteiger partial charge in [0.2, 0.25) is 0 Å². The SMILES string of the molecule is Cl.Cl.c1cnc2cc3c(cc2n1)[C@@H]1CNC[C@H]3C1. The molecule has 2 atom stereocenters. The summed E-state index contributed by atoms with van der Waals surface area (Å²) in [6.45, 7) is 2.24. The fourth-order valence-corrected chi connectivity index (χ4v) is 3.17. The first-order valence-electron chi connectivity index (χ1n) is 5.87. The van der Waals surface area contributed by atoms with Crippen LogP contribution in [0.1, 0.15) is 29.4 Å². The second-order valence-electron chi connectivity index (χ2n) is 4.81. The van der Waals surface area contributed by atoms with Gasteiger partial charge >= 0.3 is 0 Å². The molecule has 1 aromatic heterocycles. The number of hydrogen-bond donors (Lipinski definition) is 1. The summed E-state index contributed by atoms with van der Waals surface area (Å²) in [4.78, 5) is 8.78. The average Bonchev–Trinajstić information content (AvgIpc) is 2.59. The molecule has 2 aromatic rings. The van der Waals surface area contributed by atoms with Gasteiger partial charge in [-0.1, -0.05) is 0 Å². The first kappa shape index (κ1) is 13.5. The number of halogens is 2. The van der Waals surface area contributed by atoms with Crippen LogP contribution >= 0.6 is 24.8 Å². The maximum absolute atomic E-state index is 4.39. The van der Waals surface area contributed by atoms with Crippen LogP contribution in [0.4, 0.5) is 0 Å². The second-order valence-corrected chi connectivity index (χ2v) is 4.81. The van der Waals surface area contributed by atoms with Crippen molar-refractivity contribution in [2.45, 2.75) is 18.3 Å². The Morgan fingerprint density at radius 1 is 0.889 bits per heavy atom. The van der Waals surface area contributed by atoms with Crippen LogP contribution in [-0.4, -0.2) is 23.1 Å². The highest BCUT2D eigenvalue weighted by Gasteiger charge is 2.34. The summed E-state index contributed by atoms with van der Waals surface area (Å²) in [6, 6.07) is 4.49. The van der Waals surface area contributed by atoms with E-state index in [2.05, 4.69) is 27.4 Å². The normalized spacial score (nSPS) is 24.0. The summed E-state index contributed by atoms with van der Waals surface area (Å²) < 4.78 is 0. The third-order valence-corrected chi connectivity index (χ3v) is 3.90. The minimum Gasteiger partial charge on any atom is -0.316 e. The first-order chi connectivity index (χ1) is 7.92. The molecule has 1 aliphatic heterocycles. The van der Waals surface area contributed by atoms with Gasteiger partial charge in [0, 0.05) is 25.5 Å². The monoisotopic (exact) mass is 283 g/mol. The largest absolute Gasteiger partial charge is 0.316 e. The lowest BCUT2D eigenvalue weighted by molar-refractivity contribution is 0.454. The predicted octanol–water partition coefficient (Wildman–Crippen LogP) is 2.65. The quantitative estimate of drug-likeness (QED) is 0.808. The van der Waals surface area contributed by atoms with Crippen molar-refractivity contribution < 1.29 is 0 Å². The van der Waals surface area contributed by atoms with Crippen molar-refractivity contribution in [1.29, 1.82) is 0 Å². The molecule has 5 heteroatoms. The van der Waals surface area contributed by atoms with Gasteiger partial charge in [0.25, 0.3) is 0 Å². The zero-order chi connectivity index (χ0) is 10.5. The Kier molecular flexibility index (Phi) is 3.76. The molecule has 3 nitrogen and oxygen atoms in total. The predicted molar refractivity (Wildman–Crippen MR) is 77.0 cm³/mol. The molecule has 0 saturated carbocycles. The Labute approximate surface area is 118 Å². The van der Waals surface area contributed by atoms with Crippen molar-refractivity contribution in [3.63, 3.8) is 0 Å². The third kappa shape index (κ3) is 1.87. The highest BCUT2D eigenvalue weighted by Crippen LogP contribution is 2.44. The third-order valence-electron chi connectivity index (χ3n) is 3.90. The highest BCUT2D eigenvalue weighted by molar-refractivity contribution is 5.85. The van der Waals surface area contributed by atoms with E-state index < -0.39 is 0 Å². The van der Waals surface area contributed by atoms with Crippen LogP contribution < -0.4 is 5.32 Å². The van der Waals surface area contributed by atoms with Gasteiger partial charge in [-0.3, -0.25) is 9.97 Å². The molecule has 4 rings (SSSR count). The van der Waals surface area contributed by atoms with Gasteiger partial charge in [0.05, 0.1) is 11.0 Å². The molecule has 1 saturated heterocycles. The van der Waals surface area contributed by atoms with Crippen LogP contribution in [0.15, 0.2) is 24.5 Å². The molecule has 1 aromatic carbocycles. The first-order valence-corrected chi connectivity index (χ1v) is 5.87. The maximum Gasteiger partial charge on any atom is 0.0889 e. The van der Waals surface area contributed by atoms with Crippen molar-refractivity contribution in [2.24, 2.45) is 0 Å². The molecule has 0 unspecified atom stereocenters. The minimum atomic E-state index is 0. The molecule has 1 fully saturated rings. The summed E-state index contributed by atoms with van der Waals surface area (Å²) in [7, 11) is 0. The van der Waals surface area contributed by atoms with Crippen LogP contribution in [0.3, 0.4) is 0 Å². The van der Waals surface area contributed by atoms with E-state index in [1.807, 2.05) is 0 Å². The summed E-state index contributed by atoms with van der Waals surface area (Å²) in [5, 5.41) is 3.51. The van der Waals surface area contributed by atoms with Crippen molar-refractivity contribution in [2.75, 3.05) is 13.1 Å². The number of piperidine rings is 1. The topological polar surface area (TPSA) is 37.8 Å². The smallest absolute Gasteiger partial charge is 0.0889 e. The fourth-order valence-electron chi connectivity index (χ4n) is 3.17. The molecule has 2 heterocycles. The van der Waals surface area contributed by atoms with E-state index in [9.17, 15) is 0 Å². The van der Waals surface area contributed by atoms with Crippen molar-refractivity contribution in [3.05, 3.63) is 35.7 Å². The minimum absolute atomic E-state index is 0. The molecule has 96 valence electrons. The standard InChI is InChI=1S/C13H13N3.2ClH/c1-2-16-13-5-11-9-3-8(6-14-7-9)10(11)4-12(13)15-1;;/h1-2,4-5,8-9,14H,3,6-7H2;2*1H/t8-,9+;;. The summed E-state index contributed by atoms with van der Waals surface area (Å²) >= 11 is 0. The fraction of sp³-hybridized carbons (Fsp3) is 0.385. The number of fused-ring (bicyclic) bond motifs is 6. The number of hydrogen-bond acceptors (Lipinski definition) is 3. The molecule has 0 spiro atoms. The van der Waals surface area contributed by atoms with Gasteiger partial charge in [0.1, 0.15) is 0 Å². The van der Waals surface area contributed by atoms with E-state index in [1.165, 1.54) is 17.5 Å². The molecule has 1 N–H and O–H groups in total. The van der Waals surface area contributed by atoms with E-state index >= 15 is 0 Å². The van der Waals surface area contributed by atoms with E-state index in [0.717, 1.165) is 24.1 Å². The van der Waals surface area contributed by atoms with Gasteiger partial charge in [-0.05, 0) is 41.5 Å². The van der Waals surface area contributed by atoms with E-state index in [0.29, 0.717) is 11.8 Å². The van der Waals surface area contributed by atoms with Gasteiger partial charge in [-0.25, -0.2) is 0 Å². The Bertz CT molecular complexity index is 525. The molecule has 0 radical (unpaired) electrons. The van der Waals surface area contributed by atoms with Crippen molar-refractivity contribution in [3.8, 4) is 0 Å². The van der Waals surface area contributed by atoms with Crippen LogP contribution in [0, 0.1) is 0 Å². The van der Waals surface area contributed by atoms with Gasteiger partial charge < -0.3 is 5.32 Å². The lowest BCUT2D eigenvalue weighted by Crippen LogP contribution is -2.28. The Morgan fingerprint density at radius 3 is 1.89 bits per heavy atom. The van der Waals surface area contributed by atoms with Gasteiger partial charge in [0.15, 0.2) is 0 Å². The lowest BCUT2D eigenvalue weighted by atomic mass is 9.98. The summed E-state index contributed by atoms with van der Waals surface area (Å²) in [6.07, 6.45) is 4.85. The van der Waals surface area contributed by atoms with E-state index in [1.54, 1.807) is 12.4 Å². The second kappa shape index (κ2) is 5.00. The molecular weight excluding hydrogens is 269 g/mol. The van der Waals surface area contributed by atoms with Crippen LogP contribution in [-0.2, 0) is 0 Å². The van der Waals surface area contributed by atoms with Crippen LogP contribution in [0.5, 0.6) is 0 Å². The van der Waals surface area contributed by atoms with Gasteiger partial charge in [-0.15, -0.1) is 24.8 Å². The van der Waals surface area contributed by atoms with Crippen molar-refractivity contribution >= 4 is 35.8 Å². The summed E-state index contributed by atoms with van der Waals surface area (Å²) in [5.74, 6) is 1.39. The molecular formula is C13H15Cl2N3. The van der Waals surface area contributed by atoms with E-state index in [4.69, 9.17) is 0 Å². The molecule has 0 amide bonds. The van der Waals surface area contributed by atoms with Gasteiger partial charge in [-0.2, -0.15) is 0 Å². The number of benzene rings is 1. The number of aromatic nitrogens is 2. The Hall–Kier alpha value is -0.900. The average molecular weight is 284 g/mol. The number of nitrogens with zero attached hydrogens (tertiary/aromatic N) is 2. The van der Waals surface area contributed by atoms with Crippen LogP contribution in [0.25, 0.3) is 11.0 Å². The van der Waals surface area contributed by atoms with E-state index in [-0.39, 0.29) is 24.8 Å². The Morgan fingerprint density at radius 2 is 1.39 bits per heavy atom. The molecule has 2 aliphatic rings. The van der Waals surface area contributed by atoms with Crippen LogP contribution in [0.2, 0.25) is 0 Å². The Balaban J connectivity index is 0.000000602. The maximum atomic E-state index is 4.39. The molecule has 1 aliphatic carbocycles. The zero-order valence-electron chi connectivity index (χ0n) is 9.80. The summed E-state index contributed by atoms with van der Waals surface area (Å²) in [5.41, 5.74) is 5.08. The molecule has 18 heavy (non-hydrogen) atoms. The molecule has 2 bridgehead atoms. The zero-order valence-corrected chi connectivity index (χ0v) is 11.4. The lowest BCUT2D eigenvalue weighted by Gasteiger charge is -2.19.